The van der Waals surface area contributed by atoms with Crippen LogP contribution in [0.5, 0.6) is 0 Å². The van der Waals surface area contributed by atoms with Crippen molar-refractivity contribution >= 4 is 29.2 Å². The molecule has 3 atom stereocenters. The third kappa shape index (κ3) is 3.29. The van der Waals surface area contributed by atoms with Crippen LogP contribution in [0.3, 0.4) is 0 Å². The Morgan fingerprint density at radius 3 is 2.50 bits per heavy atom. The Labute approximate surface area is 130 Å². The van der Waals surface area contributed by atoms with Crippen molar-refractivity contribution in [3.8, 4) is 0 Å². The number of hydrogen-bond acceptors (Lipinski definition) is 1. The Morgan fingerprint density at radius 1 is 1.25 bits per heavy atom. The standard InChI is InChI=1S/C16H20Cl2O2/c1-9(2)10-3-5-12(16(19)20)13(7-10)11-4-6-14(17)15(18)8-11/h4,6,8-10,12-13H,3,5,7H2,1-2H3,(H,19,20). The molecule has 2 nitrogen and oxygen atoms in total. The van der Waals surface area contributed by atoms with Gasteiger partial charge >= 0.3 is 5.97 Å². The van der Waals surface area contributed by atoms with Crippen molar-refractivity contribution < 1.29 is 9.90 Å². The molecule has 1 aliphatic rings. The summed E-state index contributed by atoms with van der Waals surface area (Å²) in [7, 11) is 0. The second-order valence-corrected chi connectivity index (χ2v) is 6.86. The summed E-state index contributed by atoms with van der Waals surface area (Å²) < 4.78 is 0. The Morgan fingerprint density at radius 2 is 1.95 bits per heavy atom. The van der Waals surface area contributed by atoms with Gasteiger partial charge in [-0.25, -0.2) is 0 Å². The highest BCUT2D eigenvalue weighted by atomic mass is 35.5. The van der Waals surface area contributed by atoms with Crippen molar-refractivity contribution in [2.75, 3.05) is 0 Å². The third-order valence-corrected chi connectivity index (χ3v) is 5.26. The first-order valence-electron chi connectivity index (χ1n) is 7.08. The van der Waals surface area contributed by atoms with Crippen molar-refractivity contribution in [3.05, 3.63) is 33.8 Å². The van der Waals surface area contributed by atoms with Crippen LogP contribution in [0.15, 0.2) is 18.2 Å². The lowest BCUT2D eigenvalue weighted by atomic mass is 9.68. The van der Waals surface area contributed by atoms with Crippen LogP contribution >= 0.6 is 23.2 Å². The van der Waals surface area contributed by atoms with Crippen LogP contribution in [0.4, 0.5) is 0 Å². The van der Waals surface area contributed by atoms with Gasteiger partial charge in [-0.05, 0) is 54.7 Å². The normalized spacial score (nSPS) is 26.8. The van der Waals surface area contributed by atoms with E-state index >= 15 is 0 Å². The van der Waals surface area contributed by atoms with Crippen molar-refractivity contribution in [2.24, 2.45) is 17.8 Å². The van der Waals surface area contributed by atoms with Crippen LogP contribution in [-0.4, -0.2) is 11.1 Å². The van der Waals surface area contributed by atoms with Crippen LogP contribution in [0.1, 0.15) is 44.6 Å². The van der Waals surface area contributed by atoms with Crippen LogP contribution < -0.4 is 0 Å². The highest BCUT2D eigenvalue weighted by Crippen LogP contribution is 2.44. The molecule has 0 saturated heterocycles. The van der Waals surface area contributed by atoms with E-state index in [0.29, 0.717) is 21.9 Å². The Balaban J connectivity index is 2.31. The van der Waals surface area contributed by atoms with E-state index in [0.717, 1.165) is 24.8 Å². The molecule has 1 aliphatic carbocycles. The monoisotopic (exact) mass is 314 g/mol. The molecule has 0 aliphatic heterocycles. The first kappa shape index (κ1) is 15.7. The quantitative estimate of drug-likeness (QED) is 0.829. The summed E-state index contributed by atoms with van der Waals surface area (Å²) in [4.78, 5) is 11.5. The summed E-state index contributed by atoms with van der Waals surface area (Å²) in [6.45, 7) is 4.41. The highest BCUT2D eigenvalue weighted by molar-refractivity contribution is 6.42. The van der Waals surface area contributed by atoms with Gasteiger partial charge in [0, 0.05) is 0 Å². The lowest BCUT2D eigenvalue weighted by Crippen LogP contribution is -2.31. The highest BCUT2D eigenvalue weighted by Gasteiger charge is 2.36. The molecule has 1 saturated carbocycles. The Bertz CT molecular complexity index is 499. The first-order valence-corrected chi connectivity index (χ1v) is 7.83. The minimum Gasteiger partial charge on any atom is -0.481 e. The van der Waals surface area contributed by atoms with Gasteiger partial charge in [0.25, 0.3) is 0 Å². The second kappa shape index (κ2) is 6.36. The zero-order chi connectivity index (χ0) is 14.9. The molecule has 0 bridgehead atoms. The summed E-state index contributed by atoms with van der Waals surface area (Å²) in [5.41, 5.74) is 0.997. The van der Waals surface area contributed by atoms with E-state index in [2.05, 4.69) is 13.8 Å². The minimum atomic E-state index is -0.705. The third-order valence-electron chi connectivity index (χ3n) is 4.52. The number of aliphatic carboxylic acids is 1. The zero-order valence-electron chi connectivity index (χ0n) is 11.8. The van der Waals surface area contributed by atoms with Gasteiger partial charge in [-0.15, -0.1) is 0 Å². The van der Waals surface area contributed by atoms with E-state index in [1.165, 1.54) is 0 Å². The van der Waals surface area contributed by atoms with E-state index in [-0.39, 0.29) is 11.8 Å². The number of halogens is 2. The molecule has 1 aromatic rings. The fourth-order valence-electron chi connectivity index (χ4n) is 3.22. The molecule has 0 spiro atoms. The largest absolute Gasteiger partial charge is 0.481 e. The summed E-state index contributed by atoms with van der Waals surface area (Å²) in [5, 5.41) is 10.5. The van der Waals surface area contributed by atoms with Gasteiger partial charge in [0.05, 0.1) is 16.0 Å². The second-order valence-electron chi connectivity index (χ2n) is 6.04. The molecule has 3 unspecified atom stereocenters. The Kier molecular flexibility index (Phi) is 4.98. The molecule has 1 aromatic carbocycles. The number of hydrogen-bond donors (Lipinski definition) is 1. The number of carboxylic acids is 1. The predicted molar refractivity (Wildman–Crippen MR) is 82.5 cm³/mol. The topological polar surface area (TPSA) is 37.3 Å². The maximum Gasteiger partial charge on any atom is 0.307 e. The summed E-state index contributed by atoms with van der Waals surface area (Å²) >= 11 is 12.0. The SMILES string of the molecule is CC(C)C1CCC(C(=O)O)C(c2ccc(Cl)c(Cl)c2)C1. The molecular weight excluding hydrogens is 295 g/mol. The molecule has 1 N–H and O–H groups in total. The Hall–Kier alpha value is -0.730. The van der Waals surface area contributed by atoms with Gasteiger partial charge < -0.3 is 5.11 Å². The van der Waals surface area contributed by atoms with E-state index in [9.17, 15) is 9.90 Å². The number of benzene rings is 1. The molecule has 4 heteroatoms. The molecule has 110 valence electrons. The summed E-state index contributed by atoms with van der Waals surface area (Å²) in [6, 6.07) is 5.50. The van der Waals surface area contributed by atoms with Crippen molar-refractivity contribution in [2.45, 2.75) is 39.0 Å². The maximum atomic E-state index is 11.5. The van der Waals surface area contributed by atoms with Gasteiger partial charge in [0.2, 0.25) is 0 Å². The fourth-order valence-corrected chi connectivity index (χ4v) is 3.52. The lowest BCUT2D eigenvalue weighted by Gasteiger charge is -2.36. The van der Waals surface area contributed by atoms with Crippen molar-refractivity contribution in [3.63, 3.8) is 0 Å². The van der Waals surface area contributed by atoms with E-state index in [4.69, 9.17) is 23.2 Å². The van der Waals surface area contributed by atoms with Crippen molar-refractivity contribution in [1.29, 1.82) is 0 Å². The smallest absolute Gasteiger partial charge is 0.307 e. The van der Waals surface area contributed by atoms with Gasteiger partial charge in [0.1, 0.15) is 0 Å². The molecule has 20 heavy (non-hydrogen) atoms. The number of rotatable bonds is 3. The predicted octanol–water partition coefficient (Wildman–Crippen LogP) is 5.23. The van der Waals surface area contributed by atoms with Gasteiger partial charge in [0.15, 0.2) is 0 Å². The zero-order valence-corrected chi connectivity index (χ0v) is 13.3. The number of carbonyl (C=O) groups is 1. The summed E-state index contributed by atoms with van der Waals surface area (Å²) in [5.74, 6) is 0.161. The lowest BCUT2D eigenvalue weighted by molar-refractivity contribution is -0.144. The molecule has 1 fully saturated rings. The maximum absolute atomic E-state index is 11.5. The van der Waals surface area contributed by atoms with Crippen molar-refractivity contribution in [1.82, 2.24) is 0 Å². The average Bonchev–Trinajstić information content (AvgIpc) is 2.41. The van der Waals surface area contributed by atoms with Crippen LogP contribution in [0.25, 0.3) is 0 Å². The molecule has 0 heterocycles. The van der Waals surface area contributed by atoms with Crippen LogP contribution in [0, 0.1) is 17.8 Å². The van der Waals surface area contributed by atoms with E-state index in [1.54, 1.807) is 6.07 Å². The molecule has 2 rings (SSSR count). The minimum absolute atomic E-state index is 0.0309. The summed E-state index contributed by atoms with van der Waals surface area (Å²) in [6.07, 6.45) is 2.64. The van der Waals surface area contributed by atoms with Gasteiger partial charge in [-0.1, -0.05) is 43.1 Å². The molecule has 0 amide bonds. The molecule has 0 radical (unpaired) electrons. The molecule has 0 aromatic heterocycles. The first-order chi connectivity index (χ1) is 9.40. The van der Waals surface area contributed by atoms with Gasteiger partial charge in [-0.2, -0.15) is 0 Å². The molecular formula is C16H20Cl2O2. The average molecular weight is 315 g/mol. The number of carboxylic acid groups (broad SMARTS) is 1. The van der Waals surface area contributed by atoms with Gasteiger partial charge in [-0.3, -0.25) is 4.79 Å². The van der Waals surface area contributed by atoms with Crippen LogP contribution in [-0.2, 0) is 4.79 Å². The fraction of sp³-hybridized carbons (Fsp3) is 0.562. The van der Waals surface area contributed by atoms with Crippen LogP contribution in [0.2, 0.25) is 10.0 Å². The van der Waals surface area contributed by atoms with E-state index < -0.39 is 5.97 Å². The van der Waals surface area contributed by atoms with E-state index in [1.807, 2.05) is 12.1 Å².